The summed E-state index contributed by atoms with van der Waals surface area (Å²) in [6.07, 6.45) is 10.4. The molecule has 9 rings (SSSR count). The molecule has 0 N–H and O–H groups in total. The summed E-state index contributed by atoms with van der Waals surface area (Å²) in [7, 11) is 1.64. The highest BCUT2D eigenvalue weighted by molar-refractivity contribution is 5.95. The highest BCUT2D eigenvalue weighted by atomic mass is 16.5. The molecule has 50 heavy (non-hydrogen) atoms. The number of Topliss-reactive ketones (excluding diaryl/α,β-unsaturated/α-hetero) is 1. The fraction of sp³-hybridized carbons (Fsp3) is 0.375. The molecule has 2 bridgehead atoms. The number of nitrogens with zero attached hydrogens (tertiary/aromatic N) is 6. The summed E-state index contributed by atoms with van der Waals surface area (Å²) in [5, 5.41) is 0.799. The molecule has 0 aliphatic carbocycles. The lowest BCUT2D eigenvalue weighted by atomic mass is 9.85. The third kappa shape index (κ3) is 6.72. The van der Waals surface area contributed by atoms with Crippen molar-refractivity contribution in [3.05, 3.63) is 90.3 Å². The number of likely N-dealkylation sites (tertiary alicyclic amines) is 1. The number of hydrogen-bond donors (Lipinski definition) is 0. The number of anilines is 1. The van der Waals surface area contributed by atoms with E-state index in [0.717, 1.165) is 72.4 Å². The Kier molecular flexibility index (Phi) is 9.26. The summed E-state index contributed by atoms with van der Waals surface area (Å²) in [5.74, 6) is 2.93. The van der Waals surface area contributed by atoms with E-state index in [9.17, 15) is 4.79 Å². The second-order valence-corrected chi connectivity index (χ2v) is 13.4. The lowest BCUT2D eigenvalue weighted by Gasteiger charge is -2.42. The van der Waals surface area contributed by atoms with Gasteiger partial charge in [-0.2, -0.15) is 0 Å². The number of rotatable bonds is 12. The molecular weight excluding hydrogens is 628 g/mol. The van der Waals surface area contributed by atoms with Crippen LogP contribution >= 0.6 is 0 Å². The quantitative estimate of drug-likeness (QED) is 0.0995. The minimum Gasteiger partial charge on any atom is -0.493 e. The molecule has 4 aliphatic heterocycles. The minimum atomic E-state index is -0.153. The van der Waals surface area contributed by atoms with Crippen molar-refractivity contribution in [1.82, 2.24) is 24.8 Å². The van der Waals surface area contributed by atoms with Gasteiger partial charge in [0.2, 0.25) is 5.78 Å². The van der Waals surface area contributed by atoms with Gasteiger partial charge in [-0.25, -0.2) is 9.97 Å². The van der Waals surface area contributed by atoms with Crippen LogP contribution < -0.4 is 19.1 Å². The van der Waals surface area contributed by atoms with Crippen LogP contribution in [0.5, 0.6) is 23.0 Å². The summed E-state index contributed by atoms with van der Waals surface area (Å²) >= 11 is 0. The van der Waals surface area contributed by atoms with E-state index in [2.05, 4.69) is 19.8 Å². The van der Waals surface area contributed by atoms with Crippen molar-refractivity contribution in [2.75, 3.05) is 51.3 Å². The van der Waals surface area contributed by atoms with Crippen LogP contribution in [0.1, 0.15) is 66.4 Å². The number of hydrogen-bond acceptors (Lipinski definition) is 10. The molecule has 2 fully saturated rings. The molecule has 10 heteroatoms. The number of methoxy groups -OCH3 is 1. The maximum atomic E-state index is 13.6. The topological polar surface area (TPSA) is 103 Å². The van der Waals surface area contributed by atoms with Gasteiger partial charge >= 0.3 is 0 Å². The molecule has 2 saturated heterocycles. The largest absolute Gasteiger partial charge is 0.493 e. The molecule has 7 heterocycles. The van der Waals surface area contributed by atoms with Crippen molar-refractivity contribution < 1.29 is 19.0 Å². The number of ether oxygens (including phenoxy) is 3. The third-order valence-electron chi connectivity index (χ3n) is 10.1. The van der Waals surface area contributed by atoms with Gasteiger partial charge in [0.1, 0.15) is 11.5 Å². The second kappa shape index (κ2) is 14.4. The molecule has 3 aromatic heterocycles. The minimum absolute atomic E-state index is 0.0951. The SMILES string of the molecule is COc1cc2c(Oc3ccc(CC(=O)c4nc(-c5ccccc5)c5c(n4)C4CCN5CC4)nc3)ccnc2cc1OCCCN1CCCCC1. The van der Waals surface area contributed by atoms with Crippen LogP contribution in [0.4, 0.5) is 5.69 Å². The summed E-state index contributed by atoms with van der Waals surface area (Å²) in [4.78, 5) is 37.4. The van der Waals surface area contributed by atoms with Crippen LogP contribution in [0, 0.1) is 0 Å². The fourth-order valence-corrected chi connectivity index (χ4v) is 7.46. The number of carbonyl (C=O) groups excluding carboxylic acids is 1. The zero-order valence-corrected chi connectivity index (χ0v) is 28.5. The van der Waals surface area contributed by atoms with E-state index in [0.29, 0.717) is 41.2 Å². The number of ketones is 1. The maximum Gasteiger partial charge on any atom is 0.205 e. The Morgan fingerprint density at radius 2 is 1.72 bits per heavy atom. The lowest BCUT2D eigenvalue weighted by Crippen LogP contribution is -2.40. The predicted octanol–water partition coefficient (Wildman–Crippen LogP) is 7.27. The number of pyridine rings is 2. The zero-order chi connectivity index (χ0) is 33.9. The van der Waals surface area contributed by atoms with Crippen LogP contribution in [-0.4, -0.2) is 77.1 Å². The Balaban J connectivity index is 0.958. The van der Waals surface area contributed by atoms with Gasteiger partial charge in [0, 0.05) is 54.5 Å². The van der Waals surface area contributed by atoms with Crippen molar-refractivity contribution in [3.8, 4) is 34.3 Å². The van der Waals surface area contributed by atoms with E-state index >= 15 is 0 Å². The van der Waals surface area contributed by atoms with E-state index < -0.39 is 0 Å². The molecule has 0 saturated carbocycles. The highest BCUT2D eigenvalue weighted by Crippen LogP contribution is 2.45. The number of carbonyl (C=O) groups is 1. The molecular formula is C40H42N6O4. The first-order valence-electron chi connectivity index (χ1n) is 17.8. The first-order chi connectivity index (χ1) is 24.6. The monoisotopic (exact) mass is 670 g/mol. The Morgan fingerprint density at radius 1 is 0.880 bits per heavy atom. The third-order valence-corrected chi connectivity index (χ3v) is 10.1. The van der Waals surface area contributed by atoms with Gasteiger partial charge in [-0.3, -0.25) is 14.8 Å². The van der Waals surface area contributed by atoms with Gasteiger partial charge in [0.05, 0.1) is 48.9 Å². The van der Waals surface area contributed by atoms with Gasteiger partial charge in [-0.15, -0.1) is 0 Å². The van der Waals surface area contributed by atoms with E-state index in [1.165, 1.54) is 32.4 Å². The number of benzene rings is 2. The Hall–Kier alpha value is -5.09. The van der Waals surface area contributed by atoms with Gasteiger partial charge in [0.15, 0.2) is 17.3 Å². The molecule has 0 spiro atoms. The van der Waals surface area contributed by atoms with Crippen LogP contribution in [0.2, 0.25) is 0 Å². The Morgan fingerprint density at radius 3 is 2.50 bits per heavy atom. The first kappa shape index (κ1) is 32.1. The van der Waals surface area contributed by atoms with Crippen LogP contribution in [0.3, 0.4) is 0 Å². The summed E-state index contributed by atoms with van der Waals surface area (Å²) < 4.78 is 18.1. The Labute approximate surface area is 292 Å². The van der Waals surface area contributed by atoms with Crippen LogP contribution in [0.25, 0.3) is 22.2 Å². The van der Waals surface area contributed by atoms with E-state index in [1.807, 2.05) is 60.7 Å². The normalized spacial score (nSPS) is 16.0. The average molecular weight is 671 g/mol. The van der Waals surface area contributed by atoms with Gasteiger partial charge in [-0.05, 0) is 69.5 Å². The molecule has 10 nitrogen and oxygen atoms in total. The molecule has 4 aliphatic rings. The fourth-order valence-electron chi connectivity index (χ4n) is 7.46. The average Bonchev–Trinajstić information content (AvgIpc) is 3.18. The van der Waals surface area contributed by atoms with Gasteiger partial charge in [0.25, 0.3) is 0 Å². The van der Waals surface area contributed by atoms with E-state index in [1.54, 1.807) is 19.5 Å². The van der Waals surface area contributed by atoms with Crippen LogP contribution in [0.15, 0.2) is 73.1 Å². The van der Waals surface area contributed by atoms with E-state index in [-0.39, 0.29) is 18.0 Å². The van der Waals surface area contributed by atoms with Gasteiger partial charge in [-0.1, -0.05) is 36.8 Å². The smallest absolute Gasteiger partial charge is 0.205 e. The van der Waals surface area contributed by atoms with Gasteiger partial charge < -0.3 is 24.0 Å². The molecule has 5 aromatic rings. The molecule has 0 atom stereocenters. The molecule has 2 aromatic carbocycles. The number of fused-ring (bicyclic) bond motifs is 3. The lowest BCUT2D eigenvalue weighted by molar-refractivity contribution is 0.0981. The first-order valence-corrected chi connectivity index (χ1v) is 17.8. The van der Waals surface area contributed by atoms with Crippen molar-refractivity contribution in [3.63, 3.8) is 0 Å². The van der Waals surface area contributed by atoms with Crippen molar-refractivity contribution in [2.24, 2.45) is 0 Å². The molecule has 0 radical (unpaired) electrons. The highest BCUT2D eigenvalue weighted by Gasteiger charge is 2.36. The number of piperidine rings is 2. The summed E-state index contributed by atoms with van der Waals surface area (Å²) in [5.41, 5.74) is 5.30. The standard InChI is InChI=1S/C40H42N6O4/c1-48-35-24-31-32(25-36(35)49-22-8-19-45-17-6-3-7-18-45)41-16-13-34(31)50-30-12-11-29(42-26-30)23-33(47)40-43-37(27-9-4-2-5-10-27)39-38(44-40)28-14-20-46(39)21-15-28/h2,4-5,9-13,16,24-26,28H,3,6-8,14-15,17-23H2,1H3. The molecule has 256 valence electrons. The second-order valence-electron chi connectivity index (χ2n) is 13.4. The molecule has 0 unspecified atom stereocenters. The molecule has 0 amide bonds. The Bertz CT molecular complexity index is 1970. The number of aromatic nitrogens is 4. The van der Waals surface area contributed by atoms with Crippen LogP contribution in [-0.2, 0) is 6.42 Å². The summed E-state index contributed by atoms with van der Waals surface area (Å²) in [6.45, 7) is 6.03. The van der Waals surface area contributed by atoms with Crippen molar-refractivity contribution in [2.45, 2.75) is 50.9 Å². The maximum absolute atomic E-state index is 13.6. The summed E-state index contributed by atoms with van der Waals surface area (Å²) in [6, 6.07) is 19.4. The predicted molar refractivity (Wildman–Crippen MR) is 193 cm³/mol. The van der Waals surface area contributed by atoms with Crippen molar-refractivity contribution in [1.29, 1.82) is 0 Å². The van der Waals surface area contributed by atoms with E-state index in [4.69, 9.17) is 24.2 Å². The zero-order valence-electron chi connectivity index (χ0n) is 28.5. The van der Waals surface area contributed by atoms with Crippen molar-refractivity contribution >= 4 is 22.4 Å².